The molecule has 0 radical (unpaired) electrons. The van der Waals surface area contributed by atoms with Crippen LogP contribution in [-0.4, -0.2) is 36.9 Å². The van der Waals surface area contributed by atoms with E-state index in [0.29, 0.717) is 11.6 Å². The molecule has 1 aliphatic carbocycles. The van der Waals surface area contributed by atoms with Gasteiger partial charge in [-0.2, -0.15) is 4.98 Å². The summed E-state index contributed by atoms with van der Waals surface area (Å²) in [4.78, 5) is 33.5. The predicted octanol–water partition coefficient (Wildman–Crippen LogP) is 2.66. The standard InChI is InChI=1S/C23H18F4N6O3/c24-11-2-4-17(29-9-11)21-30-19(36-32-21)8-16(28)23(35)33-18-5-10(1-3-13(18)22(34)31-33)14-6-12(25)7-15(26)20(14)27/h2,4,6-7,9-10,16H,1,3,5,8,28H2,(H,31,34). The average molecular weight is 502 g/mol. The van der Waals surface area contributed by atoms with Gasteiger partial charge in [0.05, 0.1) is 24.4 Å². The first kappa shape index (κ1) is 23.6. The van der Waals surface area contributed by atoms with Crippen molar-refractivity contribution in [3.8, 4) is 11.5 Å². The normalized spacial score (nSPS) is 16.1. The first-order valence-electron chi connectivity index (χ1n) is 10.9. The van der Waals surface area contributed by atoms with Gasteiger partial charge in [0.15, 0.2) is 11.6 Å². The number of nitrogens with one attached hydrogen (secondary N) is 1. The lowest BCUT2D eigenvalue weighted by Gasteiger charge is -2.24. The van der Waals surface area contributed by atoms with Crippen molar-refractivity contribution in [2.45, 2.75) is 37.6 Å². The fraction of sp³-hybridized carbons (Fsp3) is 0.261. The van der Waals surface area contributed by atoms with E-state index in [0.717, 1.165) is 16.9 Å². The Morgan fingerprint density at radius 1 is 1.22 bits per heavy atom. The predicted molar refractivity (Wildman–Crippen MR) is 116 cm³/mol. The second-order valence-electron chi connectivity index (χ2n) is 8.45. The molecule has 0 saturated heterocycles. The van der Waals surface area contributed by atoms with Gasteiger partial charge in [-0.15, -0.1) is 0 Å². The van der Waals surface area contributed by atoms with Crippen LogP contribution in [0.15, 0.2) is 39.8 Å². The Kier molecular flexibility index (Phi) is 6.00. The minimum atomic E-state index is -1.31. The van der Waals surface area contributed by atoms with Gasteiger partial charge < -0.3 is 10.3 Å². The number of halogens is 4. The third-order valence-electron chi connectivity index (χ3n) is 6.11. The molecule has 0 spiro atoms. The summed E-state index contributed by atoms with van der Waals surface area (Å²) < 4.78 is 61.0. The molecule has 0 fully saturated rings. The fourth-order valence-electron chi connectivity index (χ4n) is 4.35. The van der Waals surface area contributed by atoms with Crippen LogP contribution >= 0.6 is 0 Å². The van der Waals surface area contributed by atoms with Gasteiger partial charge in [0.25, 0.3) is 11.5 Å². The van der Waals surface area contributed by atoms with Crippen LogP contribution in [0.1, 0.15) is 39.8 Å². The maximum atomic E-state index is 14.4. The summed E-state index contributed by atoms with van der Waals surface area (Å²) in [6, 6.07) is 2.69. The lowest BCUT2D eigenvalue weighted by atomic mass is 9.82. The molecule has 1 aromatic carbocycles. The number of benzene rings is 1. The van der Waals surface area contributed by atoms with Crippen molar-refractivity contribution in [1.29, 1.82) is 0 Å². The topological polar surface area (TPSA) is 133 Å². The molecular formula is C23H18F4N6O3. The lowest BCUT2D eigenvalue weighted by Crippen LogP contribution is -2.38. The first-order chi connectivity index (χ1) is 17.2. The molecule has 0 bridgehead atoms. The van der Waals surface area contributed by atoms with E-state index >= 15 is 0 Å². The minimum absolute atomic E-state index is 0.00666. The number of hydrogen-bond donors (Lipinski definition) is 2. The van der Waals surface area contributed by atoms with Crippen LogP contribution in [0.3, 0.4) is 0 Å². The quantitative estimate of drug-likeness (QED) is 0.317. The molecule has 3 heterocycles. The van der Waals surface area contributed by atoms with Gasteiger partial charge in [-0.1, -0.05) is 5.16 Å². The van der Waals surface area contributed by atoms with Gasteiger partial charge in [0.1, 0.15) is 17.3 Å². The summed E-state index contributed by atoms with van der Waals surface area (Å²) >= 11 is 0. The Morgan fingerprint density at radius 3 is 2.78 bits per heavy atom. The van der Waals surface area contributed by atoms with Crippen LogP contribution in [0.2, 0.25) is 0 Å². The van der Waals surface area contributed by atoms with Crippen molar-refractivity contribution in [1.82, 2.24) is 24.9 Å². The Balaban J connectivity index is 1.37. The number of aromatic nitrogens is 5. The lowest BCUT2D eigenvalue weighted by molar-refractivity contribution is 0.0853. The van der Waals surface area contributed by atoms with E-state index in [1.54, 1.807) is 0 Å². The Morgan fingerprint density at radius 2 is 2.03 bits per heavy atom. The van der Waals surface area contributed by atoms with E-state index in [1.807, 2.05) is 0 Å². The van der Waals surface area contributed by atoms with Gasteiger partial charge >= 0.3 is 0 Å². The summed E-state index contributed by atoms with van der Waals surface area (Å²) in [5.41, 5.74) is 6.23. The molecule has 9 nitrogen and oxygen atoms in total. The Hall–Kier alpha value is -4.13. The summed E-state index contributed by atoms with van der Waals surface area (Å²) in [6.07, 6.45) is 1.24. The van der Waals surface area contributed by atoms with Crippen LogP contribution in [0.4, 0.5) is 17.6 Å². The molecule has 0 aliphatic heterocycles. The summed E-state index contributed by atoms with van der Waals surface area (Å²) in [5.74, 6) is -5.20. The van der Waals surface area contributed by atoms with E-state index in [4.69, 9.17) is 10.3 Å². The van der Waals surface area contributed by atoms with Crippen molar-refractivity contribution in [3.63, 3.8) is 0 Å². The number of fused-ring (bicyclic) bond motifs is 1. The minimum Gasteiger partial charge on any atom is -0.339 e. The fourth-order valence-corrected chi connectivity index (χ4v) is 4.35. The molecule has 4 aromatic rings. The monoisotopic (exact) mass is 502 g/mol. The SMILES string of the molecule is NC(Cc1nc(-c2ccc(F)cn2)no1)C(=O)n1[nH]c(=O)c2c1CC(c1cc(F)cc(F)c1F)CC2. The first-order valence-corrected chi connectivity index (χ1v) is 10.9. The second kappa shape index (κ2) is 9.15. The molecule has 13 heteroatoms. The van der Waals surface area contributed by atoms with Crippen molar-refractivity contribution in [3.05, 3.63) is 86.8 Å². The van der Waals surface area contributed by atoms with Crippen LogP contribution in [0.25, 0.3) is 11.5 Å². The van der Waals surface area contributed by atoms with Crippen molar-refractivity contribution < 1.29 is 26.9 Å². The zero-order valence-electron chi connectivity index (χ0n) is 18.5. The van der Waals surface area contributed by atoms with Gasteiger partial charge in [0, 0.05) is 11.6 Å². The third kappa shape index (κ3) is 4.33. The zero-order chi connectivity index (χ0) is 25.6. The van der Waals surface area contributed by atoms with E-state index in [2.05, 4.69) is 20.2 Å². The van der Waals surface area contributed by atoms with Crippen LogP contribution < -0.4 is 11.3 Å². The average Bonchev–Trinajstić information content (AvgIpc) is 3.45. The van der Waals surface area contributed by atoms with Crippen molar-refractivity contribution in [2.75, 3.05) is 0 Å². The van der Waals surface area contributed by atoms with Gasteiger partial charge in [-0.25, -0.2) is 27.2 Å². The van der Waals surface area contributed by atoms with Gasteiger partial charge in [-0.3, -0.25) is 14.7 Å². The van der Waals surface area contributed by atoms with E-state index in [-0.39, 0.29) is 54.3 Å². The van der Waals surface area contributed by atoms with E-state index in [1.165, 1.54) is 12.1 Å². The molecule has 0 amide bonds. The summed E-state index contributed by atoms with van der Waals surface area (Å²) in [5, 5.41) is 6.19. The molecule has 2 atom stereocenters. The van der Waals surface area contributed by atoms with Crippen LogP contribution in [-0.2, 0) is 19.3 Å². The molecule has 5 rings (SSSR count). The maximum Gasteiger partial charge on any atom is 0.267 e. The Labute approximate surface area is 199 Å². The third-order valence-corrected chi connectivity index (χ3v) is 6.11. The van der Waals surface area contributed by atoms with Crippen LogP contribution in [0.5, 0.6) is 0 Å². The van der Waals surface area contributed by atoms with Crippen LogP contribution in [0, 0.1) is 23.3 Å². The number of nitrogens with zero attached hydrogens (tertiary/aromatic N) is 4. The molecular weight excluding hydrogens is 484 g/mol. The van der Waals surface area contributed by atoms with Crippen molar-refractivity contribution >= 4 is 5.91 Å². The number of nitrogens with two attached hydrogens (primary N) is 1. The largest absolute Gasteiger partial charge is 0.339 e. The molecule has 186 valence electrons. The summed E-state index contributed by atoms with van der Waals surface area (Å²) in [7, 11) is 0. The molecule has 1 aliphatic rings. The van der Waals surface area contributed by atoms with Crippen molar-refractivity contribution in [2.24, 2.45) is 5.73 Å². The number of H-pyrrole nitrogens is 1. The number of carbonyl (C=O) groups is 1. The Bertz CT molecular complexity index is 1510. The highest BCUT2D eigenvalue weighted by atomic mass is 19.2. The highest BCUT2D eigenvalue weighted by Gasteiger charge is 2.32. The van der Waals surface area contributed by atoms with E-state index in [9.17, 15) is 27.2 Å². The maximum absolute atomic E-state index is 14.4. The second-order valence-corrected chi connectivity index (χ2v) is 8.45. The smallest absolute Gasteiger partial charge is 0.267 e. The number of rotatable bonds is 5. The van der Waals surface area contributed by atoms with Gasteiger partial charge in [0.2, 0.25) is 11.7 Å². The number of hydrogen-bond acceptors (Lipinski definition) is 7. The van der Waals surface area contributed by atoms with E-state index < -0.39 is 46.7 Å². The highest BCUT2D eigenvalue weighted by Crippen LogP contribution is 2.34. The molecule has 36 heavy (non-hydrogen) atoms. The number of pyridine rings is 1. The summed E-state index contributed by atoms with van der Waals surface area (Å²) in [6.45, 7) is 0. The number of carbonyl (C=O) groups excluding carboxylic acids is 1. The van der Waals surface area contributed by atoms with Gasteiger partial charge in [-0.05, 0) is 48.9 Å². The molecule has 2 unspecified atom stereocenters. The molecule has 3 aromatic heterocycles. The molecule has 0 saturated carbocycles. The number of aromatic amines is 1. The highest BCUT2D eigenvalue weighted by molar-refractivity contribution is 5.84. The molecule has 3 N–H and O–H groups in total. The zero-order valence-corrected chi connectivity index (χ0v) is 18.5.